The van der Waals surface area contributed by atoms with E-state index < -0.39 is 0 Å². The molecule has 0 radical (unpaired) electrons. The zero-order valence-electron chi connectivity index (χ0n) is 17.9. The van der Waals surface area contributed by atoms with Crippen molar-refractivity contribution in [3.63, 3.8) is 0 Å². The highest BCUT2D eigenvalue weighted by atomic mass is 19.1. The van der Waals surface area contributed by atoms with E-state index in [4.69, 9.17) is 4.98 Å². The van der Waals surface area contributed by atoms with Gasteiger partial charge in [-0.2, -0.15) is 4.98 Å². The van der Waals surface area contributed by atoms with Gasteiger partial charge < -0.3 is 20.8 Å². The van der Waals surface area contributed by atoms with Crippen LogP contribution in [0.3, 0.4) is 0 Å². The Morgan fingerprint density at radius 3 is 2.58 bits per heavy atom. The third kappa shape index (κ3) is 4.94. The van der Waals surface area contributed by atoms with Gasteiger partial charge in [0.25, 0.3) is 0 Å². The quantitative estimate of drug-likeness (QED) is 0.436. The minimum Gasteiger partial charge on any atom is -0.396 e. The number of aliphatic hydroxyl groups excluding tert-OH is 2. The van der Waals surface area contributed by atoms with E-state index in [2.05, 4.69) is 20.6 Å². The van der Waals surface area contributed by atoms with Crippen molar-refractivity contribution in [3.05, 3.63) is 36.3 Å². The molecule has 0 spiro atoms. The van der Waals surface area contributed by atoms with Gasteiger partial charge in [0.1, 0.15) is 11.3 Å². The third-order valence-corrected chi connectivity index (χ3v) is 6.72. The lowest BCUT2D eigenvalue weighted by Gasteiger charge is -2.26. The number of anilines is 3. The Morgan fingerprint density at radius 1 is 1.06 bits per heavy atom. The smallest absolute Gasteiger partial charge is 0.224 e. The molecule has 2 atom stereocenters. The molecule has 9 heteroatoms. The topological polar surface area (TPSA) is 108 Å². The Bertz CT molecular complexity index is 1080. The SMILES string of the molecule is C.OC[C@H]1CC[C@H](n2c(Nc3ccccc3F)nc3cnc(NC4CCC(O)CC4)nc32)C1. The number of nitrogens with zero attached hydrogens (tertiary/aromatic N) is 4. The van der Waals surface area contributed by atoms with Gasteiger partial charge in [-0.1, -0.05) is 19.6 Å². The van der Waals surface area contributed by atoms with Gasteiger partial charge >= 0.3 is 0 Å². The maximum Gasteiger partial charge on any atom is 0.224 e. The summed E-state index contributed by atoms with van der Waals surface area (Å²) in [5, 5.41) is 25.9. The first-order chi connectivity index (χ1) is 15.6. The normalized spacial score (nSPS) is 25.1. The number of imidazole rings is 1. The molecule has 2 heterocycles. The fourth-order valence-electron chi connectivity index (χ4n) is 4.93. The standard InChI is InChI=1S/C23H29FN6O2.CH4/c24-18-3-1-2-4-19(18)27-23-28-20-12-25-22(26-15-6-9-17(32)10-7-15)29-21(20)30(23)16-8-5-14(11-16)13-31;/h1-4,12,14-17,31-32H,5-11,13H2,(H,27,28)(H,25,26,29);1H4/t14-,15?,16-,17?;/m0./s1. The summed E-state index contributed by atoms with van der Waals surface area (Å²) in [6.45, 7) is 0.161. The van der Waals surface area contributed by atoms with Crippen LogP contribution in [0.2, 0.25) is 0 Å². The van der Waals surface area contributed by atoms with E-state index >= 15 is 0 Å². The maximum atomic E-state index is 14.3. The highest BCUT2D eigenvalue weighted by molar-refractivity contribution is 5.76. The molecule has 0 bridgehead atoms. The van der Waals surface area contributed by atoms with E-state index in [1.54, 1.807) is 24.4 Å². The van der Waals surface area contributed by atoms with Crippen molar-refractivity contribution in [3.8, 4) is 0 Å². The van der Waals surface area contributed by atoms with Crippen molar-refractivity contribution in [1.29, 1.82) is 0 Å². The number of hydrogen-bond acceptors (Lipinski definition) is 7. The Hall–Kier alpha value is -2.78. The lowest BCUT2D eigenvalue weighted by Crippen LogP contribution is -2.29. The molecule has 2 aromatic heterocycles. The van der Waals surface area contributed by atoms with E-state index in [0.29, 0.717) is 28.7 Å². The Labute approximate surface area is 193 Å². The molecule has 5 rings (SSSR count). The van der Waals surface area contributed by atoms with Gasteiger partial charge in [0.2, 0.25) is 11.9 Å². The van der Waals surface area contributed by atoms with Crippen LogP contribution in [0.15, 0.2) is 30.5 Å². The molecule has 3 aromatic rings. The number of halogens is 1. The summed E-state index contributed by atoms with van der Waals surface area (Å²) in [6.07, 6.45) is 7.44. The Morgan fingerprint density at radius 2 is 1.85 bits per heavy atom. The molecule has 4 N–H and O–H groups in total. The van der Waals surface area contributed by atoms with Gasteiger partial charge in [-0.3, -0.25) is 4.57 Å². The fourth-order valence-corrected chi connectivity index (χ4v) is 4.93. The summed E-state index contributed by atoms with van der Waals surface area (Å²) in [5.74, 6) is 0.959. The number of aliphatic hydroxyl groups is 2. The van der Waals surface area contributed by atoms with Gasteiger partial charge in [-0.25, -0.2) is 14.4 Å². The number of benzene rings is 1. The van der Waals surface area contributed by atoms with Gasteiger partial charge in [0, 0.05) is 18.7 Å². The van der Waals surface area contributed by atoms with Crippen molar-refractivity contribution in [2.45, 2.75) is 70.6 Å². The number of hydrogen-bond donors (Lipinski definition) is 4. The van der Waals surface area contributed by atoms with E-state index in [9.17, 15) is 14.6 Å². The lowest BCUT2D eigenvalue weighted by molar-refractivity contribution is 0.126. The molecule has 2 aliphatic carbocycles. The van der Waals surface area contributed by atoms with E-state index in [0.717, 1.165) is 44.9 Å². The summed E-state index contributed by atoms with van der Waals surface area (Å²) in [4.78, 5) is 13.9. The molecule has 0 amide bonds. The first kappa shape index (κ1) is 23.4. The molecule has 2 aliphatic rings. The molecular weight excluding hydrogens is 423 g/mol. The minimum atomic E-state index is -0.348. The van der Waals surface area contributed by atoms with Gasteiger partial charge in [-0.15, -0.1) is 0 Å². The number of aromatic nitrogens is 4. The van der Waals surface area contributed by atoms with Crippen molar-refractivity contribution in [2.75, 3.05) is 17.2 Å². The zero-order chi connectivity index (χ0) is 22.1. The lowest BCUT2D eigenvalue weighted by atomic mass is 9.93. The number of fused-ring (bicyclic) bond motifs is 1. The van der Waals surface area contributed by atoms with Gasteiger partial charge in [-0.05, 0) is 63.0 Å². The van der Waals surface area contributed by atoms with Crippen LogP contribution in [0.25, 0.3) is 11.2 Å². The summed E-state index contributed by atoms with van der Waals surface area (Å²) in [7, 11) is 0. The number of rotatable bonds is 6. The molecular formula is C24H33FN6O2. The van der Waals surface area contributed by atoms with E-state index in [1.165, 1.54) is 6.07 Å². The van der Waals surface area contributed by atoms with Crippen LogP contribution in [-0.4, -0.2) is 48.5 Å². The predicted octanol–water partition coefficient (Wildman–Crippen LogP) is 4.39. The molecule has 0 unspecified atom stereocenters. The van der Waals surface area contributed by atoms with Crippen LogP contribution in [0.1, 0.15) is 58.4 Å². The maximum absolute atomic E-state index is 14.3. The van der Waals surface area contributed by atoms with Crippen molar-refractivity contribution < 1.29 is 14.6 Å². The van der Waals surface area contributed by atoms with Crippen LogP contribution >= 0.6 is 0 Å². The van der Waals surface area contributed by atoms with Crippen molar-refractivity contribution in [1.82, 2.24) is 19.5 Å². The van der Waals surface area contributed by atoms with Crippen LogP contribution in [0.5, 0.6) is 0 Å². The third-order valence-electron chi connectivity index (χ3n) is 6.72. The van der Waals surface area contributed by atoms with Crippen LogP contribution in [-0.2, 0) is 0 Å². The summed E-state index contributed by atoms with van der Waals surface area (Å²) in [5.41, 5.74) is 1.69. The fraction of sp³-hybridized carbons (Fsp3) is 0.542. The second kappa shape index (κ2) is 10.0. The van der Waals surface area contributed by atoms with Crippen LogP contribution in [0, 0.1) is 11.7 Å². The van der Waals surface area contributed by atoms with Crippen LogP contribution < -0.4 is 10.6 Å². The Kier molecular flexibility index (Phi) is 7.09. The van der Waals surface area contributed by atoms with E-state index in [1.807, 2.05) is 4.57 Å². The highest BCUT2D eigenvalue weighted by Crippen LogP contribution is 2.39. The second-order valence-corrected chi connectivity index (χ2v) is 8.98. The molecule has 0 aliphatic heterocycles. The average Bonchev–Trinajstić information content (AvgIpc) is 3.40. The summed E-state index contributed by atoms with van der Waals surface area (Å²) < 4.78 is 16.4. The van der Waals surface area contributed by atoms with Crippen LogP contribution in [0.4, 0.5) is 22.0 Å². The zero-order valence-corrected chi connectivity index (χ0v) is 17.9. The predicted molar refractivity (Wildman–Crippen MR) is 127 cm³/mol. The summed E-state index contributed by atoms with van der Waals surface area (Å²) in [6, 6.07) is 6.86. The van der Waals surface area contributed by atoms with Crippen molar-refractivity contribution >= 4 is 28.7 Å². The molecule has 2 fully saturated rings. The Balaban J connectivity index is 0.00000259. The van der Waals surface area contributed by atoms with E-state index in [-0.39, 0.29) is 44.0 Å². The summed E-state index contributed by atoms with van der Waals surface area (Å²) >= 11 is 0. The van der Waals surface area contributed by atoms with Gasteiger partial charge in [0.15, 0.2) is 5.65 Å². The largest absolute Gasteiger partial charge is 0.396 e. The monoisotopic (exact) mass is 456 g/mol. The first-order valence-electron chi connectivity index (χ1n) is 11.4. The number of para-hydroxylation sites is 1. The second-order valence-electron chi connectivity index (χ2n) is 8.98. The molecule has 8 nitrogen and oxygen atoms in total. The first-order valence-corrected chi connectivity index (χ1v) is 11.4. The molecule has 0 saturated heterocycles. The average molecular weight is 457 g/mol. The van der Waals surface area contributed by atoms with Gasteiger partial charge in [0.05, 0.1) is 18.0 Å². The molecule has 33 heavy (non-hydrogen) atoms. The molecule has 2 saturated carbocycles. The molecule has 1 aromatic carbocycles. The highest BCUT2D eigenvalue weighted by Gasteiger charge is 2.30. The molecule has 178 valence electrons. The van der Waals surface area contributed by atoms with Crippen molar-refractivity contribution in [2.24, 2.45) is 5.92 Å². The minimum absolute atomic E-state index is 0. The number of nitrogens with one attached hydrogen (secondary N) is 2.